The highest BCUT2D eigenvalue weighted by Gasteiger charge is 2.07. The number of carbonyl (C=O) groups is 1. The number of nitrogens with zero attached hydrogens (tertiary/aromatic N) is 3. The van der Waals surface area contributed by atoms with Gasteiger partial charge in [-0.05, 0) is 34.1 Å². The van der Waals surface area contributed by atoms with Crippen molar-refractivity contribution in [2.45, 2.75) is 0 Å². The van der Waals surface area contributed by atoms with Gasteiger partial charge in [-0.25, -0.2) is 9.97 Å². The lowest BCUT2D eigenvalue weighted by molar-refractivity contribution is 0.0959. The first-order valence-electron chi connectivity index (χ1n) is 6.94. The molecule has 0 atom stereocenters. The fraction of sp³-hybridized carbons (Fsp3) is 0.133. The van der Waals surface area contributed by atoms with Crippen LogP contribution in [-0.4, -0.2) is 33.5 Å². The van der Waals surface area contributed by atoms with E-state index >= 15 is 0 Å². The van der Waals surface area contributed by atoms with E-state index < -0.39 is 0 Å². The average molecular weight is 392 g/mol. The van der Waals surface area contributed by atoms with Crippen LogP contribution >= 0.6 is 27.3 Å². The Morgan fingerprint density at radius 1 is 1.22 bits per heavy atom. The number of hydrogen-bond donors (Lipinski definition) is 2. The lowest BCUT2D eigenvalue weighted by Crippen LogP contribution is -2.28. The minimum absolute atomic E-state index is 0.0711. The first kappa shape index (κ1) is 15.7. The van der Waals surface area contributed by atoms with E-state index in [4.69, 9.17) is 0 Å². The Balaban J connectivity index is 1.49. The summed E-state index contributed by atoms with van der Waals surface area (Å²) in [6.45, 7) is 1.09. The maximum Gasteiger partial charge on any atom is 0.261 e. The van der Waals surface area contributed by atoms with E-state index in [-0.39, 0.29) is 5.91 Å². The van der Waals surface area contributed by atoms with Gasteiger partial charge in [-0.3, -0.25) is 4.79 Å². The summed E-state index contributed by atoms with van der Waals surface area (Å²) in [6, 6.07) is 7.54. The fourth-order valence-electron chi connectivity index (χ4n) is 1.96. The Hall–Kier alpha value is -2.19. The molecule has 0 aliphatic heterocycles. The van der Waals surface area contributed by atoms with Gasteiger partial charge in [-0.1, -0.05) is 0 Å². The number of rotatable bonds is 6. The predicted octanol–water partition coefficient (Wildman–Crippen LogP) is 2.93. The zero-order valence-corrected chi connectivity index (χ0v) is 14.5. The molecule has 3 heterocycles. The molecule has 0 radical (unpaired) electrons. The van der Waals surface area contributed by atoms with Crippen molar-refractivity contribution in [2.75, 3.05) is 18.4 Å². The number of carbonyl (C=O) groups excluding carboxylic acids is 1. The number of amides is 1. The van der Waals surface area contributed by atoms with Gasteiger partial charge < -0.3 is 15.2 Å². The van der Waals surface area contributed by atoms with E-state index in [9.17, 15) is 4.79 Å². The van der Waals surface area contributed by atoms with Gasteiger partial charge in [-0.15, -0.1) is 11.3 Å². The molecule has 0 saturated carbocycles. The van der Waals surface area contributed by atoms with E-state index in [2.05, 4.69) is 36.5 Å². The summed E-state index contributed by atoms with van der Waals surface area (Å²) in [5.74, 6) is 1.44. The first-order valence-corrected chi connectivity index (χ1v) is 8.61. The Morgan fingerprint density at radius 3 is 2.78 bits per heavy atom. The van der Waals surface area contributed by atoms with Crippen LogP contribution in [0.4, 0.5) is 5.82 Å². The molecule has 0 unspecified atom stereocenters. The Morgan fingerprint density at radius 2 is 2.04 bits per heavy atom. The van der Waals surface area contributed by atoms with Gasteiger partial charge in [0.15, 0.2) is 0 Å². The normalized spacial score (nSPS) is 10.5. The number of nitrogens with one attached hydrogen (secondary N) is 2. The smallest absolute Gasteiger partial charge is 0.261 e. The van der Waals surface area contributed by atoms with Crippen molar-refractivity contribution in [1.29, 1.82) is 0 Å². The van der Waals surface area contributed by atoms with E-state index in [0.29, 0.717) is 18.0 Å². The van der Waals surface area contributed by atoms with Crippen LogP contribution in [-0.2, 0) is 0 Å². The highest BCUT2D eigenvalue weighted by Crippen LogP contribution is 2.19. The topological polar surface area (TPSA) is 71.8 Å². The molecule has 0 aliphatic carbocycles. The van der Waals surface area contributed by atoms with Gasteiger partial charge in [0.25, 0.3) is 5.91 Å². The Labute approximate surface area is 145 Å². The highest BCUT2D eigenvalue weighted by atomic mass is 79.9. The standard InChI is InChI=1S/C15H14BrN5OS/c16-11-7-12(23-9-11)15(22)18-4-3-17-13-8-14(20-10-19-13)21-5-1-2-6-21/h1-2,5-10H,3-4H2,(H,18,22)(H,17,19,20). The van der Waals surface area contributed by atoms with Crippen LogP contribution in [0.2, 0.25) is 0 Å². The van der Waals surface area contributed by atoms with Crippen molar-refractivity contribution in [2.24, 2.45) is 0 Å². The Bertz CT molecular complexity index is 787. The quantitative estimate of drug-likeness (QED) is 0.633. The molecule has 3 aromatic rings. The minimum atomic E-state index is -0.0711. The summed E-state index contributed by atoms with van der Waals surface area (Å²) in [5, 5.41) is 7.92. The van der Waals surface area contributed by atoms with Crippen molar-refractivity contribution in [3.8, 4) is 5.82 Å². The zero-order chi connectivity index (χ0) is 16.1. The zero-order valence-electron chi connectivity index (χ0n) is 12.1. The van der Waals surface area contributed by atoms with E-state index in [1.165, 1.54) is 17.7 Å². The number of aromatic nitrogens is 3. The molecule has 8 heteroatoms. The van der Waals surface area contributed by atoms with Crippen LogP contribution in [0.15, 0.2) is 52.8 Å². The van der Waals surface area contributed by atoms with Crippen molar-refractivity contribution >= 4 is 39.0 Å². The molecule has 1 amide bonds. The predicted molar refractivity (Wildman–Crippen MR) is 94.2 cm³/mol. The van der Waals surface area contributed by atoms with Crippen LogP contribution in [0, 0.1) is 0 Å². The molecular formula is C15H14BrN5OS. The van der Waals surface area contributed by atoms with Crippen LogP contribution < -0.4 is 10.6 Å². The van der Waals surface area contributed by atoms with Crippen LogP contribution in [0.3, 0.4) is 0 Å². The number of halogens is 1. The SMILES string of the molecule is O=C(NCCNc1cc(-n2cccc2)ncn1)c1cc(Br)cs1. The molecule has 0 fully saturated rings. The van der Waals surface area contributed by atoms with Crippen LogP contribution in [0.1, 0.15) is 9.67 Å². The summed E-state index contributed by atoms with van der Waals surface area (Å²) in [5.41, 5.74) is 0. The molecule has 3 aromatic heterocycles. The second kappa shape index (κ2) is 7.38. The molecule has 0 aromatic carbocycles. The van der Waals surface area contributed by atoms with Gasteiger partial charge in [-0.2, -0.15) is 0 Å². The molecule has 2 N–H and O–H groups in total. The van der Waals surface area contributed by atoms with Crippen molar-refractivity contribution in [3.63, 3.8) is 0 Å². The third kappa shape index (κ3) is 4.17. The lowest BCUT2D eigenvalue weighted by atomic mass is 10.4. The summed E-state index contributed by atoms with van der Waals surface area (Å²) in [4.78, 5) is 21.0. The molecule has 23 heavy (non-hydrogen) atoms. The average Bonchev–Trinajstić information content (AvgIpc) is 3.23. The third-order valence-corrected chi connectivity index (χ3v) is 4.72. The highest BCUT2D eigenvalue weighted by molar-refractivity contribution is 9.10. The van der Waals surface area contributed by atoms with Gasteiger partial charge in [0.2, 0.25) is 0 Å². The number of hydrogen-bond acceptors (Lipinski definition) is 5. The number of thiophene rings is 1. The third-order valence-electron chi connectivity index (χ3n) is 3.03. The molecule has 0 spiro atoms. The molecule has 0 aliphatic rings. The lowest BCUT2D eigenvalue weighted by Gasteiger charge is -2.08. The van der Waals surface area contributed by atoms with Gasteiger partial charge in [0, 0.05) is 41.4 Å². The number of anilines is 1. The summed E-state index contributed by atoms with van der Waals surface area (Å²) in [6.07, 6.45) is 5.36. The maximum atomic E-state index is 11.9. The minimum Gasteiger partial charge on any atom is -0.368 e. The van der Waals surface area contributed by atoms with Crippen molar-refractivity contribution < 1.29 is 4.79 Å². The monoisotopic (exact) mass is 391 g/mol. The Kier molecular flexibility index (Phi) is 5.04. The molecule has 3 rings (SSSR count). The summed E-state index contributed by atoms with van der Waals surface area (Å²) < 4.78 is 2.83. The fourth-order valence-corrected chi connectivity index (χ4v) is 3.30. The van der Waals surface area contributed by atoms with Crippen LogP contribution in [0.25, 0.3) is 5.82 Å². The molecule has 6 nitrogen and oxygen atoms in total. The molecule has 0 saturated heterocycles. The molecular weight excluding hydrogens is 378 g/mol. The van der Waals surface area contributed by atoms with Gasteiger partial charge in [0.1, 0.15) is 18.0 Å². The van der Waals surface area contributed by atoms with Crippen LogP contribution in [0.5, 0.6) is 0 Å². The summed E-state index contributed by atoms with van der Waals surface area (Å²) >= 11 is 4.75. The first-order chi connectivity index (χ1) is 11.2. The molecule has 118 valence electrons. The van der Waals surface area contributed by atoms with Crippen molar-refractivity contribution in [3.05, 3.63) is 57.7 Å². The van der Waals surface area contributed by atoms with Gasteiger partial charge in [0.05, 0.1) is 4.88 Å². The second-order valence-electron chi connectivity index (χ2n) is 4.66. The van der Waals surface area contributed by atoms with E-state index in [1.807, 2.05) is 40.5 Å². The van der Waals surface area contributed by atoms with E-state index in [0.717, 1.165) is 16.1 Å². The van der Waals surface area contributed by atoms with E-state index in [1.54, 1.807) is 6.07 Å². The largest absolute Gasteiger partial charge is 0.368 e. The second-order valence-corrected chi connectivity index (χ2v) is 6.49. The molecule has 0 bridgehead atoms. The maximum absolute atomic E-state index is 11.9. The summed E-state index contributed by atoms with van der Waals surface area (Å²) in [7, 11) is 0. The van der Waals surface area contributed by atoms with Gasteiger partial charge >= 0.3 is 0 Å². The van der Waals surface area contributed by atoms with Crippen molar-refractivity contribution in [1.82, 2.24) is 19.9 Å².